The first-order valence-corrected chi connectivity index (χ1v) is 6.62. The van der Waals surface area contributed by atoms with Crippen LogP contribution in [-0.2, 0) is 6.42 Å². The maximum absolute atomic E-state index is 11.2. The van der Waals surface area contributed by atoms with Crippen molar-refractivity contribution < 1.29 is 0 Å². The van der Waals surface area contributed by atoms with Crippen molar-refractivity contribution in [2.75, 3.05) is 0 Å². The third-order valence-corrected chi connectivity index (χ3v) is 3.24. The van der Waals surface area contributed by atoms with E-state index in [4.69, 9.17) is 5.26 Å². The molecule has 6 heteroatoms. The van der Waals surface area contributed by atoms with E-state index in [9.17, 15) is 4.91 Å². The van der Waals surface area contributed by atoms with Gasteiger partial charge in [0.1, 0.15) is 0 Å². The molecule has 2 heterocycles. The van der Waals surface area contributed by atoms with Crippen LogP contribution in [0, 0.1) is 16.2 Å². The number of pyridine rings is 1. The summed E-state index contributed by atoms with van der Waals surface area (Å²) >= 11 is 0. The van der Waals surface area contributed by atoms with Crippen LogP contribution in [0.25, 0.3) is 16.9 Å². The molecule has 0 aliphatic rings. The number of rotatable bonds is 4. The average molecular weight is 289 g/mol. The Kier molecular flexibility index (Phi) is 3.70. The lowest BCUT2D eigenvalue weighted by Crippen LogP contribution is -1.97. The zero-order valence-corrected chi connectivity index (χ0v) is 11.5. The molecule has 0 atom stereocenters. The van der Waals surface area contributed by atoms with Crippen molar-refractivity contribution in [3.8, 4) is 23.0 Å². The predicted octanol–water partition coefficient (Wildman–Crippen LogP) is 3.40. The molecular weight excluding hydrogens is 278 g/mol. The molecule has 0 unspecified atom stereocenters. The molecule has 6 nitrogen and oxygen atoms in total. The lowest BCUT2D eigenvalue weighted by atomic mass is 10.1. The molecule has 0 fully saturated rings. The molecule has 0 aliphatic carbocycles. The summed E-state index contributed by atoms with van der Waals surface area (Å²) in [6.07, 6.45) is 3.57. The summed E-state index contributed by atoms with van der Waals surface area (Å²) in [6, 6.07) is 14.9. The summed E-state index contributed by atoms with van der Waals surface area (Å²) < 4.78 is 1.41. The molecule has 3 aromatic rings. The van der Waals surface area contributed by atoms with Gasteiger partial charge >= 0.3 is 0 Å². The van der Waals surface area contributed by atoms with Gasteiger partial charge in [-0.1, -0.05) is 30.3 Å². The Balaban J connectivity index is 2.04. The Morgan fingerprint density at radius 3 is 2.64 bits per heavy atom. The molecule has 2 aromatic heterocycles. The van der Waals surface area contributed by atoms with E-state index in [1.165, 1.54) is 4.68 Å². The molecule has 0 saturated heterocycles. The van der Waals surface area contributed by atoms with E-state index >= 15 is 0 Å². The minimum absolute atomic E-state index is 0.201. The van der Waals surface area contributed by atoms with Crippen molar-refractivity contribution in [3.05, 3.63) is 65.3 Å². The molecule has 3 rings (SSSR count). The van der Waals surface area contributed by atoms with Crippen LogP contribution in [0.1, 0.15) is 5.56 Å². The molecule has 0 bridgehead atoms. The number of aromatic nitrogens is 3. The van der Waals surface area contributed by atoms with Crippen LogP contribution >= 0.6 is 0 Å². The highest BCUT2D eigenvalue weighted by molar-refractivity contribution is 5.74. The largest absolute Gasteiger partial charge is 0.237 e. The second-order valence-electron chi connectivity index (χ2n) is 4.60. The number of benzene rings is 1. The van der Waals surface area contributed by atoms with Crippen LogP contribution in [0.2, 0.25) is 0 Å². The highest BCUT2D eigenvalue weighted by Gasteiger charge is 2.15. The van der Waals surface area contributed by atoms with Gasteiger partial charge in [0, 0.05) is 6.20 Å². The molecule has 0 amide bonds. The number of hydrogen-bond donors (Lipinski definition) is 0. The van der Waals surface area contributed by atoms with E-state index in [1.54, 1.807) is 24.5 Å². The average Bonchev–Trinajstić information content (AvgIpc) is 3.00. The summed E-state index contributed by atoms with van der Waals surface area (Å²) in [4.78, 5) is 15.4. The fourth-order valence-electron chi connectivity index (χ4n) is 2.17. The van der Waals surface area contributed by atoms with Crippen molar-refractivity contribution in [1.82, 2.24) is 14.8 Å². The molecule has 0 radical (unpaired) electrons. The first-order chi connectivity index (χ1) is 10.8. The number of nitroso groups, excluding NO2 is 1. The minimum Gasteiger partial charge on any atom is -0.237 e. The first kappa shape index (κ1) is 13.6. The zero-order valence-electron chi connectivity index (χ0n) is 11.5. The second kappa shape index (κ2) is 5.97. The highest BCUT2D eigenvalue weighted by Crippen LogP contribution is 2.31. The van der Waals surface area contributed by atoms with Gasteiger partial charge in [0.2, 0.25) is 5.82 Å². The van der Waals surface area contributed by atoms with Gasteiger partial charge in [-0.25, -0.2) is 4.98 Å². The zero-order chi connectivity index (χ0) is 15.4. The van der Waals surface area contributed by atoms with Gasteiger partial charge in [-0.15, -0.1) is 4.91 Å². The Morgan fingerprint density at radius 1 is 1.18 bits per heavy atom. The molecule has 0 spiro atoms. The van der Waals surface area contributed by atoms with Crippen LogP contribution in [0.15, 0.2) is 60.0 Å². The normalized spacial score (nSPS) is 10.1. The van der Waals surface area contributed by atoms with Crippen LogP contribution in [0.3, 0.4) is 0 Å². The lowest BCUT2D eigenvalue weighted by molar-refractivity contribution is 0.847. The highest BCUT2D eigenvalue weighted by atomic mass is 16.3. The van der Waals surface area contributed by atoms with Crippen molar-refractivity contribution >= 4 is 5.82 Å². The van der Waals surface area contributed by atoms with Crippen molar-refractivity contribution in [1.29, 1.82) is 5.26 Å². The summed E-state index contributed by atoms with van der Waals surface area (Å²) in [6.45, 7) is 0. The summed E-state index contributed by atoms with van der Waals surface area (Å²) in [7, 11) is 0. The van der Waals surface area contributed by atoms with Gasteiger partial charge in [-0.2, -0.15) is 15.0 Å². The van der Waals surface area contributed by atoms with Crippen molar-refractivity contribution in [2.24, 2.45) is 5.18 Å². The molecular formula is C16H11N5O. The number of nitrogens with zero attached hydrogens (tertiary/aromatic N) is 5. The standard InChI is InChI=1S/C16H11N5O/c17-9-8-12-4-6-13(7-5-12)14-11-19-21(16(14)20-22)15-3-1-2-10-18-15/h1-7,10-11H,8H2. The second-order valence-corrected chi connectivity index (χ2v) is 4.60. The fourth-order valence-corrected chi connectivity index (χ4v) is 2.17. The van der Waals surface area contributed by atoms with E-state index in [2.05, 4.69) is 21.3 Å². The molecule has 1 aromatic carbocycles. The number of hydrogen-bond acceptors (Lipinski definition) is 5. The molecule has 0 saturated carbocycles. The maximum atomic E-state index is 11.2. The minimum atomic E-state index is 0.201. The summed E-state index contributed by atoms with van der Waals surface area (Å²) in [5.41, 5.74) is 2.37. The fraction of sp³-hybridized carbons (Fsp3) is 0.0625. The van der Waals surface area contributed by atoms with Gasteiger partial charge in [-0.05, 0) is 28.4 Å². The molecule has 106 valence electrons. The first-order valence-electron chi connectivity index (χ1n) is 6.62. The molecule has 22 heavy (non-hydrogen) atoms. The van der Waals surface area contributed by atoms with Crippen molar-refractivity contribution in [3.63, 3.8) is 0 Å². The Labute approximate surface area is 126 Å². The van der Waals surface area contributed by atoms with E-state index in [1.807, 2.05) is 30.3 Å². The summed E-state index contributed by atoms with van der Waals surface area (Å²) in [5.74, 6) is 0.733. The Hall–Kier alpha value is -3.33. The number of nitriles is 1. The Morgan fingerprint density at radius 2 is 2.00 bits per heavy atom. The van der Waals surface area contributed by atoms with E-state index < -0.39 is 0 Å². The molecule has 0 aliphatic heterocycles. The monoisotopic (exact) mass is 289 g/mol. The van der Waals surface area contributed by atoms with Gasteiger partial charge in [-0.3, -0.25) is 0 Å². The maximum Gasteiger partial charge on any atom is 0.209 e. The predicted molar refractivity (Wildman–Crippen MR) is 81.6 cm³/mol. The third kappa shape index (κ3) is 2.47. The van der Waals surface area contributed by atoms with Gasteiger partial charge in [0.25, 0.3) is 0 Å². The van der Waals surface area contributed by atoms with Gasteiger partial charge in [0.15, 0.2) is 5.82 Å². The summed E-state index contributed by atoms with van der Waals surface area (Å²) in [5, 5.41) is 16.0. The SMILES string of the molecule is N#CCc1ccc(-c2cnn(-c3ccccn3)c2N=O)cc1. The quantitative estimate of drug-likeness (QED) is 0.689. The van der Waals surface area contributed by atoms with E-state index in [0.717, 1.165) is 11.1 Å². The van der Waals surface area contributed by atoms with Gasteiger partial charge in [0.05, 0.1) is 24.3 Å². The van der Waals surface area contributed by atoms with Crippen LogP contribution in [-0.4, -0.2) is 14.8 Å². The Bertz CT molecular complexity index is 831. The smallest absolute Gasteiger partial charge is 0.209 e. The molecule has 0 N–H and O–H groups in total. The van der Waals surface area contributed by atoms with E-state index in [-0.39, 0.29) is 5.82 Å². The van der Waals surface area contributed by atoms with Crippen LogP contribution in [0.5, 0.6) is 0 Å². The van der Waals surface area contributed by atoms with Crippen molar-refractivity contribution in [2.45, 2.75) is 6.42 Å². The van der Waals surface area contributed by atoms with Crippen LogP contribution < -0.4 is 0 Å². The van der Waals surface area contributed by atoms with Crippen LogP contribution in [0.4, 0.5) is 5.82 Å². The topological polar surface area (TPSA) is 83.9 Å². The lowest BCUT2D eigenvalue weighted by Gasteiger charge is -2.03. The van der Waals surface area contributed by atoms with E-state index in [0.29, 0.717) is 17.8 Å². The third-order valence-electron chi connectivity index (χ3n) is 3.24. The van der Waals surface area contributed by atoms with Gasteiger partial charge < -0.3 is 0 Å².